The van der Waals surface area contributed by atoms with Crippen LogP contribution in [0.2, 0.25) is 0 Å². The molecule has 2 aromatic heterocycles. The number of pyridine rings is 1. The van der Waals surface area contributed by atoms with Gasteiger partial charge in [-0.2, -0.15) is 13.2 Å². The van der Waals surface area contributed by atoms with Gasteiger partial charge in [0, 0.05) is 37.7 Å². The van der Waals surface area contributed by atoms with Crippen LogP contribution in [0.5, 0.6) is 0 Å². The highest BCUT2D eigenvalue weighted by Gasteiger charge is 2.30. The van der Waals surface area contributed by atoms with Crippen molar-refractivity contribution < 1.29 is 22.8 Å². The fourth-order valence-electron chi connectivity index (χ4n) is 3.29. The lowest BCUT2D eigenvalue weighted by molar-refractivity contribution is -0.137. The number of aldehydes is 1. The van der Waals surface area contributed by atoms with Gasteiger partial charge < -0.3 is 14.8 Å². The molecule has 1 amide bonds. The second-order valence-electron chi connectivity index (χ2n) is 7.11. The second kappa shape index (κ2) is 9.03. The van der Waals surface area contributed by atoms with Crippen LogP contribution in [-0.2, 0) is 6.18 Å². The molecule has 0 aliphatic heterocycles. The van der Waals surface area contributed by atoms with Gasteiger partial charge in [0.25, 0.3) is 5.91 Å². The maximum atomic E-state index is 12.8. The molecule has 1 N–H and O–H groups in total. The van der Waals surface area contributed by atoms with E-state index in [1.165, 1.54) is 18.3 Å². The number of hydrogen-bond donors (Lipinski definition) is 1. The summed E-state index contributed by atoms with van der Waals surface area (Å²) in [5.74, 6) is -0.433. The van der Waals surface area contributed by atoms with E-state index in [1.807, 2.05) is 6.92 Å². The third-order valence-corrected chi connectivity index (χ3v) is 4.88. The molecule has 0 saturated carbocycles. The van der Waals surface area contributed by atoms with E-state index in [0.29, 0.717) is 24.2 Å². The summed E-state index contributed by atoms with van der Waals surface area (Å²) in [6.45, 7) is 2.26. The Balaban J connectivity index is 1.73. The van der Waals surface area contributed by atoms with Gasteiger partial charge in [0.1, 0.15) is 0 Å². The highest BCUT2D eigenvalue weighted by molar-refractivity contribution is 6.08. The minimum atomic E-state index is -4.39. The number of carbonyl (C=O) groups is 2. The molecule has 2 heterocycles. The molecule has 162 valence electrons. The maximum absolute atomic E-state index is 12.8. The highest BCUT2D eigenvalue weighted by atomic mass is 19.4. The van der Waals surface area contributed by atoms with Gasteiger partial charge in [-0.05, 0) is 49.4 Å². The number of amides is 1. The molecule has 1 aromatic carbocycles. The molecule has 3 aromatic rings. The molecular weight excluding hydrogens is 409 g/mol. The molecule has 0 aliphatic rings. The molecule has 0 spiro atoms. The summed E-state index contributed by atoms with van der Waals surface area (Å²) in [4.78, 5) is 30.0. The molecule has 0 aliphatic carbocycles. The Kier molecular flexibility index (Phi) is 6.43. The summed E-state index contributed by atoms with van der Waals surface area (Å²) >= 11 is 0. The fourth-order valence-corrected chi connectivity index (χ4v) is 3.29. The maximum Gasteiger partial charge on any atom is 0.416 e. The van der Waals surface area contributed by atoms with Crippen molar-refractivity contribution in [3.05, 3.63) is 77.9 Å². The van der Waals surface area contributed by atoms with E-state index in [1.54, 1.807) is 47.1 Å². The number of alkyl halides is 3. The molecule has 3 rings (SSSR count). The van der Waals surface area contributed by atoms with Crippen LogP contribution in [0.3, 0.4) is 0 Å². The van der Waals surface area contributed by atoms with Gasteiger partial charge in [0.05, 0.1) is 28.7 Å². The van der Waals surface area contributed by atoms with Crippen LogP contribution >= 0.6 is 0 Å². The van der Waals surface area contributed by atoms with Crippen LogP contribution in [0.4, 0.5) is 24.5 Å². The summed E-state index contributed by atoms with van der Waals surface area (Å²) in [6, 6.07) is 9.56. The van der Waals surface area contributed by atoms with Crippen LogP contribution in [0.1, 0.15) is 39.4 Å². The third-order valence-electron chi connectivity index (χ3n) is 4.88. The van der Waals surface area contributed by atoms with E-state index >= 15 is 0 Å². The van der Waals surface area contributed by atoms with Crippen molar-refractivity contribution in [2.45, 2.75) is 19.1 Å². The van der Waals surface area contributed by atoms with Crippen LogP contribution in [0.15, 0.2) is 61.1 Å². The van der Waals surface area contributed by atoms with Crippen LogP contribution in [-0.4, -0.2) is 35.3 Å². The zero-order chi connectivity index (χ0) is 22.6. The quantitative estimate of drug-likeness (QED) is 0.554. The standard InChI is InChI=1S/C22H21F3N4O2/c1-15(13-28(2)18-7-5-16(6-8-18)22(23,24)25)29-11-9-19(20(29)14-30)21(31)27-17-4-3-10-26-12-17/h3-12,14-15H,13H2,1-2H3,(H,27,31). The van der Waals surface area contributed by atoms with Crippen molar-refractivity contribution in [1.82, 2.24) is 9.55 Å². The van der Waals surface area contributed by atoms with Gasteiger partial charge in [-0.1, -0.05) is 0 Å². The summed E-state index contributed by atoms with van der Waals surface area (Å²) < 4.78 is 39.9. The van der Waals surface area contributed by atoms with E-state index < -0.39 is 17.6 Å². The number of rotatable bonds is 7. The molecule has 1 atom stereocenters. The minimum Gasteiger partial charge on any atom is -0.373 e. The van der Waals surface area contributed by atoms with Crippen LogP contribution in [0, 0.1) is 0 Å². The zero-order valence-electron chi connectivity index (χ0n) is 16.9. The van der Waals surface area contributed by atoms with Gasteiger partial charge in [-0.25, -0.2) is 0 Å². The van der Waals surface area contributed by atoms with E-state index in [0.717, 1.165) is 12.1 Å². The number of halogens is 3. The Morgan fingerprint density at radius 3 is 2.52 bits per heavy atom. The van der Waals surface area contributed by atoms with Gasteiger partial charge in [-0.15, -0.1) is 0 Å². The van der Waals surface area contributed by atoms with Gasteiger partial charge in [0.2, 0.25) is 0 Å². The molecule has 1 unspecified atom stereocenters. The number of aromatic nitrogens is 2. The van der Waals surface area contributed by atoms with Gasteiger partial charge in [0.15, 0.2) is 6.29 Å². The molecule has 0 saturated heterocycles. The van der Waals surface area contributed by atoms with Gasteiger partial charge in [-0.3, -0.25) is 14.6 Å². The summed E-state index contributed by atoms with van der Waals surface area (Å²) in [7, 11) is 1.75. The lowest BCUT2D eigenvalue weighted by Crippen LogP contribution is -2.27. The number of nitrogens with one attached hydrogen (secondary N) is 1. The Bertz CT molecular complexity index is 1050. The van der Waals surface area contributed by atoms with Crippen molar-refractivity contribution in [1.29, 1.82) is 0 Å². The largest absolute Gasteiger partial charge is 0.416 e. The van der Waals surface area contributed by atoms with E-state index in [4.69, 9.17) is 0 Å². The molecular formula is C22H21F3N4O2. The summed E-state index contributed by atoms with van der Waals surface area (Å²) in [5, 5.41) is 2.69. The van der Waals surface area contributed by atoms with Crippen molar-refractivity contribution in [2.24, 2.45) is 0 Å². The molecule has 9 heteroatoms. The molecule has 0 bridgehead atoms. The van der Waals surface area contributed by atoms with Crippen molar-refractivity contribution in [3.63, 3.8) is 0 Å². The predicted octanol–water partition coefficient (Wildman–Crippen LogP) is 4.66. The lowest BCUT2D eigenvalue weighted by Gasteiger charge is -2.25. The van der Waals surface area contributed by atoms with Crippen molar-refractivity contribution in [3.8, 4) is 0 Å². The Morgan fingerprint density at radius 2 is 1.94 bits per heavy atom. The first kappa shape index (κ1) is 22.1. The SMILES string of the molecule is CC(CN(C)c1ccc(C(F)(F)F)cc1)n1ccc(C(=O)Nc2cccnc2)c1C=O. The number of likely N-dealkylation sites (N-methyl/N-ethyl adjacent to an activating group) is 1. The number of nitrogens with zero attached hydrogens (tertiary/aromatic N) is 3. The number of hydrogen-bond acceptors (Lipinski definition) is 4. The normalized spacial score (nSPS) is 12.3. The predicted molar refractivity (Wildman–Crippen MR) is 111 cm³/mol. The minimum absolute atomic E-state index is 0.217. The molecule has 6 nitrogen and oxygen atoms in total. The van der Waals surface area contributed by atoms with E-state index in [9.17, 15) is 22.8 Å². The Labute approximate surface area is 177 Å². The first-order chi connectivity index (χ1) is 14.7. The van der Waals surface area contributed by atoms with Crippen LogP contribution in [0.25, 0.3) is 0 Å². The topological polar surface area (TPSA) is 67.2 Å². The Hall–Kier alpha value is -3.62. The smallest absolute Gasteiger partial charge is 0.373 e. The van der Waals surface area contributed by atoms with Crippen LogP contribution < -0.4 is 10.2 Å². The number of anilines is 2. The lowest BCUT2D eigenvalue weighted by atomic mass is 10.2. The zero-order valence-corrected chi connectivity index (χ0v) is 16.9. The second-order valence-corrected chi connectivity index (χ2v) is 7.11. The molecule has 0 radical (unpaired) electrons. The third kappa shape index (κ3) is 5.11. The average Bonchev–Trinajstić information content (AvgIpc) is 3.18. The molecule has 31 heavy (non-hydrogen) atoms. The van der Waals surface area contributed by atoms with Crippen molar-refractivity contribution in [2.75, 3.05) is 23.8 Å². The Morgan fingerprint density at radius 1 is 1.23 bits per heavy atom. The number of carbonyl (C=O) groups excluding carboxylic acids is 2. The fraction of sp³-hybridized carbons (Fsp3) is 0.227. The molecule has 0 fully saturated rings. The first-order valence-electron chi connectivity index (χ1n) is 9.46. The van der Waals surface area contributed by atoms with Gasteiger partial charge >= 0.3 is 6.18 Å². The van der Waals surface area contributed by atoms with E-state index in [-0.39, 0.29) is 17.3 Å². The summed E-state index contributed by atoms with van der Waals surface area (Å²) in [6.07, 6.45) is 0.954. The average molecular weight is 430 g/mol. The summed E-state index contributed by atoms with van der Waals surface area (Å²) in [5.41, 5.74) is 0.842. The first-order valence-corrected chi connectivity index (χ1v) is 9.46. The highest BCUT2D eigenvalue weighted by Crippen LogP contribution is 2.30. The number of benzene rings is 1. The monoisotopic (exact) mass is 430 g/mol. The van der Waals surface area contributed by atoms with E-state index in [2.05, 4.69) is 10.3 Å². The van der Waals surface area contributed by atoms with Crippen molar-refractivity contribution >= 4 is 23.6 Å².